The molecule has 100 valence electrons. The van der Waals surface area contributed by atoms with Gasteiger partial charge in [-0.05, 0) is 35.7 Å². The third-order valence-corrected chi connectivity index (χ3v) is 3.66. The molecule has 0 aliphatic heterocycles. The first-order valence-corrected chi connectivity index (χ1v) is 6.77. The predicted molar refractivity (Wildman–Crippen MR) is 75.0 cm³/mol. The average Bonchev–Trinajstić information content (AvgIpc) is 2.41. The van der Waals surface area contributed by atoms with Crippen LogP contribution in [0.2, 0.25) is 5.02 Å². The number of rotatable bonds is 4. The van der Waals surface area contributed by atoms with Crippen molar-refractivity contribution < 1.29 is 8.78 Å². The molecule has 0 radical (unpaired) electrons. The zero-order valence-corrected chi connectivity index (χ0v) is 11.6. The number of benzene rings is 2. The van der Waals surface area contributed by atoms with Gasteiger partial charge in [0, 0.05) is 11.8 Å². The van der Waals surface area contributed by atoms with E-state index in [9.17, 15) is 8.78 Å². The minimum atomic E-state index is -0.460. The fraction of sp³-hybridized carbons (Fsp3) is 0.200. The van der Waals surface area contributed by atoms with Gasteiger partial charge in [-0.15, -0.1) is 11.6 Å². The Morgan fingerprint density at radius 2 is 1.74 bits per heavy atom. The van der Waals surface area contributed by atoms with Gasteiger partial charge >= 0.3 is 0 Å². The van der Waals surface area contributed by atoms with Gasteiger partial charge in [0.2, 0.25) is 0 Å². The predicted octanol–water partition coefficient (Wildman–Crippen LogP) is 5.18. The van der Waals surface area contributed by atoms with Crippen molar-refractivity contribution in [2.24, 2.45) is 0 Å². The maximum absolute atomic E-state index is 13.7. The van der Waals surface area contributed by atoms with Crippen LogP contribution in [0.15, 0.2) is 42.5 Å². The SMILES string of the molecule is Fc1ccc(CC(CCl)c2ccccc2F)cc1Cl. The fourth-order valence-electron chi connectivity index (χ4n) is 2.00. The van der Waals surface area contributed by atoms with Gasteiger partial charge in [0.1, 0.15) is 11.6 Å². The average molecular weight is 301 g/mol. The van der Waals surface area contributed by atoms with E-state index in [1.807, 2.05) is 0 Å². The van der Waals surface area contributed by atoms with Crippen LogP contribution in [0.4, 0.5) is 8.78 Å². The Hall–Kier alpha value is -1.12. The Bertz CT molecular complexity index is 570. The van der Waals surface area contributed by atoms with E-state index in [2.05, 4.69) is 0 Å². The standard InChI is InChI=1S/C15H12Cl2F2/c16-9-11(12-3-1-2-4-14(12)18)7-10-5-6-15(19)13(17)8-10/h1-6,8,11H,7,9H2. The molecule has 0 saturated carbocycles. The second-order valence-electron chi connectivity index (χ2n) is 4.33. The van der Waals surface area contributed by atoms with Gasteiger partial charge in [0.05, 0.1) is 5.02 Å². The van der Waals surface area contributed by atoms with Crippen molar-refractivity contribution in [3.63, 3.8) is 0 Å². The molecule has 2 aromatic carbocycles. The van der Waals surface area contributed by atoms with Crippen LogP contribution in [0.5, 0.6) is 0 Å². The van der Waals surface area contributed by atoms with E-state index in [-0.39, 0.29) is 22.6 Å². The first kappa shape index (κ1) is 14.3. The van der Waals surface area contributed by atoms with E-state index in [0.717, 1.165) is 5.56 Å². The highest BCUT2D eigenvalue weighted by atomic mass is 35.5. The Kier molecular flexibility index (Phi) is 4.78. The molecule has 0 aliphatic rings. The quantitative estimate of drug-likeness (QED) is 0.682. The van der Waals surface area contributed by atoms with Crippen LogP contribution in [0.1, 0.15) is 17.0 Å². The van der Waals surface area contributed by atoms with Gasteiger partial charge in [-0.2, -0.15) is 0 Å². The number of hydrogen-bond donors (Lipinski definition) is 0. The van der Waals surface area contributed by atoms with E-state index in [4.69, 9.17) is 23.2 Å². The fourth-order valence-corrected chi connectivity index (χ4v) is 2.48. The molecule has 19 heavy (non-hydrogen) atoms. The Morgan fingerprint density at radius 3 is 2.37 bits per heavy atom. The molecule has 0 aromatic heterocycles. The van der Waals surface area contributed by atoms with Crippen LogP contribution < -0.4 is 0 Å². The van der Waals surface area contributed by atoms with Crippen LogP contribution in [-0.2, 0) is 6.42 Å². The van der Waals surface area contributed by atoms with E-state index in [1.165, 1.54) is 12.1 Å². The topological polar surface area (TPSA) is 0 Å². The lowest BCUT2D eigenvalue weighted by atomic mass is 9.93. The maximum Gasteiger partial charge on any atom is 0.141 e. The normalized spacial score (nSPS) is 12.4. The van der Waals surface area contributed by atoms with Crippen molar-refractivity contribution in [1.82, 2.24) is 0 Å². The van der Waals surface area contributed by atoms with Gasteiger partial charge in [0.25, 0.3) is 0 Å². The van der Waals surface area contributed by atoms with Crippen molar-refractivity contribution in [1.29, 1.82) is 0 Å². The van der Waals surface area contributed by atoms with Gasteiger partial charge in [0.15, 0.2) is 0 Å². The van der Waals surface area contributed by atoms with Crippen molar-refractivity contribution in [2.75, 3.05) is 5.88 Å². The summed E-state index contributed by atoms with van der Waals surface area (Å²) in [6.45, 7) is 0. The molecule has 0 amide bonds. The summed E-state index contributed by atoms with van der Waals surface area (Å²) in [5.41, 5.74) is 1.40. The highest BCUT2D eigenvalue weighted by Crippen LogP contribution is 2.26. The Morgan fingerprint density at radius 1 is 1.00 bits per heavy atom. The van der Waals surface area contributed by atoms with Crippen molar-refractivity contribution >= 4 is 23.2 Å². The maximum atomic E-state index is 13.7. The van der Waals surface area contributed by atoms with Crippen molar-refractivity contribution in [2.45, 2.75) is 12.3 Å². The molecule has 0 fully saturated rings. The summed E-state index contributed by atoms with van der Waals surface area (Å²) in [5.74, 6) is -0.611. The van der Waals surface area contributed by atoms with E-state index >= 15 is 0 Å². The third kappa shape index (κ3) is 3.46. The summed E-state index contributed by atoms with van der Waals surface area (Å²) < 4.78 is 26.8. The molecule has 4 heteroatoms. The van der Waals surface area contributed by atoms with E-state index < -0.39 is 5.82 Å². The smallest absolute Gasteiger partial charge is 0.141 e. The highest BCUT2D eigenvalue weighted by molar-refractivity contribution is 6.30. The van der Waals surface area contributed by atoms with Gasteiger partial charge in [-0.1, -0.05) is 35.9 Å². The number of halogens is 4. The number of alkyl halides is 1. The lowest BCUT2D eigenvalue weighted by Crippen LogP contribution is -2.07. The second kappa shape index (κ2) is 6.36. The third-order valence-electron chi connectivity index (χ3n) is 3.00. The summed E-state index contributed by atoms with van der Waals surface area (Å²) >= 11 is 11.7. The zero-order valence-electron chi connectivity index (χ0n) is 10.0. The molecule has 0 heterocycles. The second-order valence-corrected chi connectivity index (χ2v) is 5.04. The highest BCUT2D eigenvalue weighted by Gasteiger charge is 2.15. The summed E-state index contributed by atoms with van der Waals surface area (Å²) in [4.78, 5) is 0. The van der Waals surface area contributed by atoms with E-state index in [1.54, 1.807) is 30.3 Å². The molecule has 0 bridgehead atoms. The summed E-state index contributed by atoms with van der Waals surface area (Å²) in [6.07, 6.45) is 0.518. The van der Waals surface area contributed by atoms with Crippen molar-refractivity contribution in [3.05, 3.63) is 70.2 Å². The molecule has 0 aliphatic carbocycles. The van der Waals surface area contributed by atoms with Gasteiger partial charge in [-0.25, -0.2) is 8.78 Å². The minimum absolute atomic E-state index is 0.0688. The minimum Gasteiger partial charge on any atom is -0.207 e. The largest absolute Gasteiger partial charge is 0.207 e. The van der Waals surface area contributed by atoms with Crippen LogP contribution in [0.3, 0.4) is 0 Å². The van der Waals surface area contributed by atoms with E-state index in [0.29, 0.717) is 12.0 Å². The van der Waals surface area contributed by atoms with Crippen LogP contribution in [0.25, 0.3) is 0 Å². The lowest BCUT2D eigenvalue weighted by molar-refractivity contribution is 0.588. The first-order valence-electron chi connectivity index (χ1n) is 5.86. The van der Waals surface area contributed by atoms with Crippen molar-refractivity contribution in [3.8, 4) is 0 Å². The summed E-state index contributed by atoms with van der Waals surface area (Å²) in [5, 5.41) is 0.0688. The molecule has 0 nitrogen and oxygen atoms in total. The molecule has 0 spiro atoms. The molecule has 2 aromatic rings. The monoisotopic (exact) mass is 300 g/mol. The zero-order chi connectivity index (χ0) is 13.8. The molecule has 1 atom stereocenters. The van der Waals surface area contributed by atoms with Gasteiger partial charge in [-0.3, -0.25) is 0 Å². The molecule has 0 N–H and O–H groups in total. The molecule has 2 rings (SSSR count). The lowest BCUT2D eigenvalue weighted by Gasteiger charge is -2.15. The number of hydrogen-bond acceptors (Lipinski definition) is 0. The van der Waals surface area contributed by atoms with Gasteiger partial charge < -0.3 is 0 Å². The van der Waals surface area contributed by atoms with Crippen LogP contribution in [-0.4, -0.2) is 5.88 Å². The summed E-state index contributed by atoms with van der Waals surface area (Å²) in [7, 11) is 0. The molecule has 0 saturated heterocycles. The molecule has 1 unspecified atom stereocenters. The molecular formula is C15H12Cl2F2. The van der Waals surface area contributed by atoms with Crippen LogP contribution >= 0.6 is 23.2 Å². The first-order chi connectivity index (χ1) is 9.11. The Labute approximate surface area is 121 Å². The Balaban J connectivity index is 2.24. The summed E-state index contributed by atoms with van der Waals surface area (Å²) in [6, 6.07) is 11.0. The van der Waals surface area contributed by atoms with Crippen LogP contribution in [0, 0.1) is 11.6 Å². The molecular weight excluding hydrogens is 289 g/mol.